The molecule has 168 valence electrons. The molecule has 0 radical (unpaired) electrons. The van der Waals surface area contributed by atoms with E-state index in [-0.39, 0.29) is 5.75 Å². The highest BCUT2D eigenvalue weighted by Crippen LogP contribution is 2.43. The molecular formula is C26H27N5O2. The molecule has 1 aliphatic carbocycles. The van der Waals surface area contributed by atoms with Crippen LogP contribution in [-0.4, -0.2) is 31.9 Å². The lowest BCUT2D eigenvalue weighted by atomic mass is 9.98. The number of amides is 1. The number of nitrogens with one attached hydrogen (secondary N) is 1. The smallest absolute Gasteiger partial charge is 0.248 e. The number of primary amides is 1. The summed E-state index contributed by atoms with van der Waals surface area (Å²) >= 11 is 0. The highest BCUT2D eigenvalue weighted by molar-refractivity contribution is 5.95. The molecule has 0 bridgehead atoms. The molecule has 7 nitrogen and oxygen atoms in total. The van der Waals surface area contributed by atoms with E-state index in [0.717, 1.165) is 36.2 Å². The lowest BCUT2D eigenvalue weighted by Gasteiger charge is -2.14. The number of aromatic hydroxyl groups is 1. The fraction of sp³-hybridized carbons (Fsp3) is 0.269. The second-order valence-electron chi connectivity index (χ2n) is 9.04. The van der Waals surface area contributed by atoms with Gasteiger partial charge in [0.15, 0.2) is 11.5 Å². The molecule has 2 aromatic heterocycles. The van der Waals surface area contributed by atoms with Gasteiger partial charge in [0, 0.05) is 29.4 Å². The van der Waals surface area contributed by atoms with Crippen molar-refractivity contribution in [3.63, 3.8) is 0 Å². The number of para-hydroxylation sites is 1. The zero-order valence-electron chi connectivity index (χ0n) is 18.7. The van der Waals surface area contributed by atoms with Crippen molar-refractivity contribution >= 4 is 17.4 Å². The van der Waals surface area contributed by atoms with Crippen LogP contribution in [0, 0.1) is 5.92 Å². The highest BCUT2D eigenvalue weighted by Gasteiger charge is 2.28. The van der Waals surface area contributed by atoms with Crippen molar-refractivity contribution in [1.82, 2.24) is 14.4 Å². The molecule has 0 unspecified atom stereocenters. The van der Waals surface area contributed by atoms with Crippen molar-refractivity contribution < 1.29 is 9.90 Å². The van der Waals surface area contributed by atoms with E-state index >= 15 is 0 Å². The number of benzene rings is 2. The maximum Gasteiger partial charge on any atom is 0.248 e. The van der Waals surface area contributed by atoms with Gasteiger partial charge in [-0.3, -0.25) is 9.20 Å². The highest BCUT2D eigenvalue weighted by atomic mass is 16.3. The molecule has 4 aromatic rings. The zero-order valence-corrected chi connectivity index (χ0v) is 18.7. The number of fused-ring (bicyclic) bond motifs is 1. The Labute approximate surface area is 192 Å². The van der Waals surface area contributed by atoms with Crippen LogP contribution < -0.4 is 11.1 Å². The van der Waals surface area contributed by atoms with Crippen LogP contribution in [0.2, 0.25) is 0 Å². The third-order valence-corrected chi connectivity index (χ3v) is 5.98. The van der Waals surface area contributed by atoms with Gasteiger partial charge in [0.1, 0.15) is 5.75 Å². The Bertz CT molecular complexity index is 1350. The zero-order chi connectivity index (χ0) is 23.1. The van der Waals surface area contributed by atoms with Gasteiger partial charge in [-0.15, -0.1) is 0 Å². The number of imidazole rings is 1. The van der Waals surface area contributed by atoms with Gasteiger partial charge in [0.2, 0.25) is 5.91 Å². The van der Waals surface area contributed by atoms with Gasteiger partial charge in [-0.25, -0.2) is 9.97 Å². The lowest BCUT2D eigenvalue weighted by molar-refractivity contribution is 0.0999. The quantitative estimate of drug-likeness (QED) is 0.382. The Morgan fingerprint density at radius 3 is 2.73 bits per heavy atom. The number of nitrogens with two attached hydrogens (primary N) is 1. The third kappa shape index (κ3) is 4.02. The fourth-order valence-electron chi connectivity index (χ4n) is 4.12. The number of phenols is 1. The van der Waals surface area contributed by atoms with E-state index in [0.29, 0.717) is 40.1 Å². The number of rotatable bonds is 7. The van der Waals surface area contributed by atoms with Gasteiger partial charge in [0.25, 0.3) is 0 Å². The monoisotopic (exact) mass is 441 g/mol. The van der Waals surface area contributed by atoms with Gasteiger partial charge >= 0.3 is 0 Å². The average Bonchev–Trinajstić information content (AvgIpc) is 3.56. The maximum absolute atomic E-state index is 11.9. The Kier molecular flexibility index (Phi) is 5.24. The Balaban J connectivity index is 1.69. The molecule has 0 saturated heterocycles. The van der Waals surface area contributed by atoms with E-state index < -0.39 is 5.91 Å². The van der Waals surface area contributed by atoms with Crippen LogP contribution in [0.5, 0.6) is 5.75 Å². The number of hydrogen-bond donors (Lipinski definition) is 3. The van der Waals surface area contributed by atoms with Crippen LogP contribution in [0.4, 0.5) is 5.82 Å². The summed E-state index contributed by atoms with van der Waals surface area (Å²) in [6.07, 6.45) is 5.86. The van der Waals surface area contributed by atoms with Gasteiger partial charge < -0.3 is 16.2 Å². The molecule has 1 aliphatic rings. The minimum absolute atomic E-state index is 0.169. The van der Waals surface area contributed by atoms with Crippen LogP contribution in [-0.2, 0) is 0 Å². The minimum atomic E-state index is -0.396. The summed E-state index contributed by atoms with van der Waals surface area (Å²) in [5, 5.41) is 13.8. The molecule has 1 fully saturated rings. The molecule has 2 heterocycles. The summed E-state index contributed by atoms with van der Waals surface area (Å²) < 4.78 is 1.99. The lowest BCUT2D eigenvalue weighted by Crippen LogP contribution is -2.13. The van der Waals surface area contributed by atoms with Gasteiger partial charge in [-0.2, -0.15) is 0 Å². The molecule has 5 rings (SSSR count). The van der Waals surface area contributed by atoms with Crippen LogP contribution in [0.3, 0.4) is 0 Å². The molecule has 0 spiro atoms. The Morgan fingerprint density at radius 2 is 2.03 bits per heavy atom. The average molecular weight is 442 g/mol. The van der Waals surface area contributed by atoms with Crippen molar-refractivity contribution in [2.75, 3.05) is 11.9 Å². The van der Waals surface area contributed by atoms with E-state index in [9.17, 15) is 9.90 Å². The molecule has 33 heavy (non-hydrogen) atoms. The predicted molar refractivity (Wildman–Crippen MR) is 129 cm³/mol. The number of nitrogens with zero attached hydrogens (tertiary/aromatic N) is 3. The standard InChI is InChI=1S/C26H27N5O2/c1-15(2)12-28-25-26-29-13-22(17-9-10-18(24(27)33)20(11-17)16-7-8-16)31(26)14-21(30-25)19-5-3-4-6-23(19)32/h3-6,9-11,13-16,32H,7-8,12H2,1-2H3,(H2,27,33)(H,28,30). The summed E-state index contributed by atoms with van der Waals surface area (Å²) in [7, 11) is 0. The van der Waals surface area contributed by atoms with E-state index in [1.54, 1.807) is 12.1 Å². The minimum Gasteiger partial charge on any atom is -0.507 e. The molecular weight excluding hydrogens is 414 g/mol. The summed E-state index contributed by atoms with van der Waals surface area (Å²) in [4.78, 5) is 21.4. The van der Waals surface area contributed by atoms with Crippen molar-refractivity contribution in [2.24, 2.45) is 11.7 Å². The van der Waals surface area contributed by atoms with Crippen molar-refractivity contribution in [3.8, 4) is 28.3 Å². The number of aromatic nitrogens is 3. The first kappa shape index (κ1) is 21.0. The van der Waals surface area contributed by atoms with Gasteiger partial charge in [-0.05, 0) is 54.5 Å². The van der Waals surface area contributed by atoms with Gasteiger partial charge in [0.05, 0.1) is 17.6 Å². The molecule has 4 N–H and O–H groups in total. The summed E-state index contributed by atoms with van der Waals surface area (Å²) in [5.41, 5.74) is 11.0. The van der Waals surface area contributed by atoms with Gasteiger partial charge in [-0.1, -0.05) is 32.0 Å². The van der Waals surface area contributed by atoms with E-state index in [2.05, 4.69) is 30.2 Å². The second-order valence-corrected chi connectivity index (χ2v) is 9.04. The number of carbonyl (C=O) groups is 1. The van der Waals surface area contributed by atoms with Crippen LogP contribution in [0.15, 0.2) is 54.9 Å². The molecule has 1 saturated carbocycles. The number of carbonyl (C=O) groups excluding carboxylic acids is 1. The van der Waals surface area contributed by atoms with Crippen LogP contribution in [0.1, 0.15) is 48.5 Å². The van der Waals surface area contributed by atoms with Crippen molar-refractivity contribution in [1.29, 1.82) is 0 Å². The molecule has 0 aliphatic heterocycles. The van der Waals surface area contributed by atoms with Crippen molar-refractivity contribution in [3.05, 3.63) is 66.0 Å². The van der Waals surface area contributed by atoms with E-state index in [1.807, 2.05) is 41.1 Å². The van der Waals surface area contributed by atoms with Crippen LogP contribution in [0.25, 0.3) is 28.2 Å². The van der Waals surface area contributed by atoms with Crippen LogP contribution >= 0.6 is 0 Å². The normalized spacial score (nSPS) is 13.5. The topological polar surface area (TPSA) is 106 Å². The number of anilines is 1. The van der Waals surface area contributed by atoms with E-state index in [1.165, 1.54) is 0 Å². The second kappa shape index (κ2) is 8.24. The SMILES string of the molecule is CC(C)CNc1nc(-c2ccccc2O)cn2c(-c3ccc(C(N)=O)c(C4CC4)c3)cnc12. The first-order valence-electron chi connectivity index (χ1n) is 11.3. The maximum atomic E-state index is 11.9. The molecule has 1 amide bonds. The third-order valence-electron chi connectivity index (χ3n) is 5.98. The summed E-state index contributed by atoms with van der Waals surface area (Å²) in [6, 6.07) is 13.0. The first-order valence-corrected chi connectivity index (χ1v) is 11.3. The predicted octanol–water partition coefficient (Wildman–Crippen LogP) is 4.81. The van der Waals surface area contributed by atoms with E-state index in [4.69, 9.17) is 10.7 Å². The fourth-order valence-corrected chi connectivity index (χ4v) is 4.12. The summed E-state index contributed by atoms with van der Waals surface area (Å²) in [5.74, 6) is 1.24. The number of hydrogen-bond acceptors (Lipinski definition) is 5. The molecule has 7 heteroatoms. The first-order chi connectivity index (χ1) is 15.9. The molecule has 0 atom stereocenters. The molecule has 2 aromatic carbocycles. The van der Waals surface area contributed by atoms with Crippen molar-refractivity contribution in [2.45, 2.75) is 32.6 Å². The summed E-state index contributed by atoms with van der Waals surface area (Å²) in [6.45, 7) is 5.01. The largest absolute Gasteiger partial charge is 0.507 e. The Hall–Kier alpha value is -3.87. The Morgan fingerprint density at radius 1 is 1.24 bits per heavy atom. The number of phenolic OH excluding ortho intramolecular Hbond substituents is 1.